The summed E-state index contributed by atoms with van der Waals surface area (Å²) in [5.74, 6) is 0.243. The normalized spacial score (nSPS) is 21.2. The lowest BCUT2D eigenvalue weighted by molar-refractivity contribution is -0.128. The molecular formula is C9H17N3O2. The highest BCUT2D eigenvalue weighted by molar-refractivity contribution is 5.75. The highest BCUT2D eigenvalue weighted by atomic mass is 16.2. The SMILES string of the molecule is CC(=O)N1CCC(CNCC(N)=O)C1. The van der Waals surface area contributed by atoms with Crippen LogP contribution in [0, 0.1) is 5.92 Å². The van der Waals surface area contributed by atoms with Gasteiger partial charge >= 0.3 is 0 Å². The van der Waals surface area contributed by atoms with Gasteiger partial charge in [-0.3, -0.25) is 9.59 Å². The zero-order valence-corrected chi connectivity index (χ0v) is 8.45. The summed E-state index contributed by atoms with van der Waals surface area (Å²) < 4.78 is 0. The fourth-order valence-electron chi connectivity index (χ4n) is 1.68. The molecule has 0 saturated carbocycles. The molecule has 1 fully saturated rings. The van der Waals surface area contributed by atoms with Crippen molar-refractivity contribution >= 4 is 11.8 Å². The molecule has 1 saturated heterocycles. The Balaban J connectivity index is 2.16. The third kappa shape index (κ3) is 3.33. The smallest absolute Gasteiger partial charge is 0.231 e. The minimum Gasteiger partial charge on any atom is -0.369 e. The Kier molecular flexibility index (Phi) is 3.88. The molecule has 5 heteroatoms. The topological polar surface area (TPSA) is 75.4 Å². The molecule has 1 rings (SSSR count). The van der Waals surface area contributed by atoms with Crippen LogP contribution < -0.4 is 11.1 Å². The van der Waals surface area contributed by atoms with Gasteiger partial charge in [0, 0.05) is 26.6 Å². The van der Waals surface area contributed by atoms with Crippen LogP contribution >= 0.6 is 0 Å². The number of amides is 2. The lowest BCUT2D eigenvalue weighted by atomic mass is 10.1. The lowest BCUT2D eigenvalue weighted by Crippen LogP contribution is -2.33. The van der Waals surface area contributed by atoms with Gasteiger partial charge < -0.3 is 16.0 Å². The van der Waals surface area contributed by atoms with Crippen LogP contribution in [0.15, 0.2) is 0 Å². The van der Waals surface area contributed by atoms with Crippen molar-refractivity contribution in [3.05, 3.63) is 0 Å². The third-order valence-corrected chi connectivity index (χ3v) is 2.46. The van der Waals surface area contributed by atoms with Crippen molar-refractivity contribution in [2.45, 2.75) is 13.3 Å². The van der Waals surface area contributed by atoms with E-state index in [2.05, 4.69) is 5.32 Å². The summed E-state index contributed by atoms with van der Waals surface area (Å²) in [5.41, 5.74) is 4.99. The summed E-state index contributed by atoms with van der Waals surface area (Å²) in [6, 6.07) is 0. The molecule has 0 aromatic carbocycles. The number of likely N-dealkylation sites (tertiary alicyclic amines) is 1. The fourth-order valence-corrected chi connectivity index (χ4v) is 1.68. The van der Waals surface area contributed by atoms with Crippen LogP contribution in [0.1, 0.15) is 13.3 Å². The monoisotopic (exact) mass is 199 g/mol. The molecule has 0 spiro atoms. The van der Waals surface area contributed by atoms with Gasteiger partial charge in [0.05, 0.1) is 6.54 Å². The average Bonchev–Trinajstić information content (AvgIpc) is 2.52. The molecule has 5 nitrogen and oxygen atoms in total. The van der Waals surface area contributed by atoms with Gasteiger partial charge in [-0.15, -0.1) is 0 Å². The summed E-state index contributed by atoms with van der Waals surface area (Å²) >= 11 is 0. The Morgan fingerprint density at radius 1 is 1.57 bits per heavy atom. The molecule has 14 heavy (non-hydrogen) atoms. The number of hydrogen-bond donors (Lipinski definition) is 2. The van der Waals surface area contributed by atoms with E-state index in [1.165, 1.54) is 0 Å². The number of hydrogen-bond acceptors (Lipinski definition) is 3. The molecule has 0 aromatic rings. The summed E-state index contributed by atoms with van der Waals surface area (Å²) in [4.78, 5) is 23.3. The maximum atomic E-state index is 11.0. The number of carbonyl (C=O) groups is 2. The summed E-state index contributed by atoms with van der Waals surface area (Å²) in [6.07, 6.45) is 1.01. The predicted molar refractivity (Wildman–Crippen MR) is 52.4 cm³/mol. The Bertz CT molecular complexity index is 230. The number of rotatable bonds is 4. The first-order valence-electron chi connectivity index (χ1n) is 4.84. The van der Waals surface area contributed by atoms with Crippen molar-refractivity contribution in [2.75, 3.05) is 26.2 Å². The van der Waals surface area contributed by atoms with Gasteiger partial charge in [0.2, 0.25) is 11.8 Å². The van der Waals surface area contributed by atoms with Crippen LogP contribution in [-0.4, -0.2) is 42.9 Å². The van der Waals surface area contributed by atoms with E-state index < -0.39 is 0 Å². The molecular weight excluding hydrogens is 182 g/mol. The van der Waals surface area contributed by atoms with Crippen molar-refractivity contribution in [3.8, 4) is 0 Å². The Labute approximate surface area is 83.6 Å². The molecule has 2 amide bonds. The second kappa shape index (κ2) is 4.95. The summed E-state index contributed by atoms with van der Waals surface area (Å²) in [6.45, 7) is 4.18. The van der Waals surface area contributed by atoms with Crippen LogP contribution in [0.4, 0.5) is 0 Å². The van der Waals surface area contributed by atoms with E-state index in [9.17, 15) is 9.59 Å². The maximum Gasteiger partial charge on any atom is 0.231 e. The van der Waals surface area contributed by atoms with Gasteiger partial charge in [0.1, 0.15) is 0 Å². The second-order valence-corrected chi connectivity index (χ2v) is 3.72. The largest absolute Gasteiger partial charge is 0.369 e. The quantitative estimate of drug-likeness (QED) is 0.605. The van der Waals surface area contributed by atoms with E-state index in [4.69, 9.17) is 5.73 Å². The number of nitrogens with zero attached hydrogens (tertiary/aromatic N) is 1. The molecule has 1 aliphatic heterocycles. The van der Waals surface area contributed by atoms with Crippen molar-refractivity contribution in [1.29, 1.82) is 0 Å². The summed E-state index contributed by atoms with van der Waals surface area (Å²) in [7, 11) is 0. The molecule has 1 heterocycles. The molecule has 0 bridgehead atoms. The van der Waals surface area contributed by atoms with E-state index in [1.54, 1.807) is 6.92 Å². The Morgan fingerprint density at radius 3 is 2.79 bits per heavy atom. The van der Waals surface area contributed by atoms with Crippen LogP contribution in [0.2, 0.25) is 0 Å². The molecule has 3 N–H and O–H groups in total. The standard InChI is InChI=1S/C9H17N3O2/c1-7(13)12-3-2-8(6-12)4-11-5-9(10)14/h8,11H,2-6H2,1H3,(H2,10,14). The minimum atomic E-state index is -0.341. The highest BCUT2D eigenvalue weighted by Gasteiger charge is 2.23. The third-order valence-electron chi connectivity index (χ3n) is 2.46. The van der Waals surface area contributed by atoms with Gasteiger partial charge in [0.25, 0.3) is 0 Å². The zero-order chi connectivity index (χ0) is 10.6. The van der Waals surface area contributed by atoms with Crippen LogP contribution in [-0.2, 0) is 9.59 Å². The minimum absolute atomic E-state index is 0.127. The molecule has 1 unspecified atom stereocenters. The maximum absolute atomic E-state index is 11.0. The van der Waals surface area contributed by atoms with Gasteiger partial charge in [-0.1, -0.05) is 0 Å². The first-order chi connectivity index (χ1) is 6.59. The lowest BCUT2D eigenvalue weighted by Gasteiger charge is -2.13. The van der Waals surface area contributed by atoms with Gasteiger partial charge in [-0.05, 0) is 12.3 Å². The van der Waals surface area contributed by atoms with E-state index >= 15 is 0 Å². The molecule has 0 aliphatic carbocycles. The molecule has 80 valence electrons. The van der Waals surface area contributed by atoms with Crippen molar-refractivity contribution in [1.82, 2.24) is 10.2 Å². The van der Waals surface area contributed by atoms with Gasteiger partial charge in [0.15, 0.2) is 0 Å². The second-order valence-electron chi connectivity index (χ2n) is 3.72. The van der Waals surface area contributed by atoms with E-state index in [0.29, 0.717) is 5.92 Å². The van der Waals surface area contributed by atoms with Gasteiger partial charge in [-0.2, -0.15) is 0 Å². The first-order valence-corrected chi connectivity index (χ1v) is 4.84. The molecule has 0 radical (unpaired) electrons. The van der Waals surface area contributed by atoms with E-state index in [1.807, 2.05) is 4.90 Å². The van der Waals surface area contributed by atoms with E-state index in [0.717, 1.165) is 26.1 Å². The number of nitrogens with two attached hydrogens (primary N) is 1. The summed E-state index contributed by atoms with van der Waals surface area (Å²) in [5, 5.41) is 2.97. The molecule has 0 aromatic heterocycles. The number of primary amides is 1. The van der Waals surface area contributed by atoms with E-state index in [-0.39, 0.29) is 18.4 Å². The zero-order valence-electron chi connectivity index (χ0n) is 8.45. The van der Waals surface area contributed by atoms with Crippen LogP contribution in [0.3, 0.4) is 0 Å². The fraction of sp³-hybridized carbons (Fsp3) is 0.778. The number of nitrogens with one attached hydrogen (secondary N) is 1. The Hall–Kier alpha value is -1.10. The van der Waals surface area contributed by atoms with Gasteiger partial charge in [-0.25, -0.2) is 0 Å². The van der Waals surface area contributed by atoms with Crippen LogP contribution in [0.5, 0.6) is 0 Å². The molecule has 1 aliphatic rings. The average molecular weight is 199 g/mol. The highest BCUT2D eigenvalue weighted by Crippen LogP contribution is 2.14. The Morgan fingerprint density at radius 2 is 2.29 bits per heavy atom. The number of carbonyl (C=O) groups excluding carboxylic acids is 2. The van der Waals surface area contributed by atoms with Crippen molar-refractivity contribution in [3.63, 3.8) is 0 Å². The van der Waals surface area contributed by atoms with Crippen molar-refractivity contribution in [2.24, 2.45) is 11.7 Å². The van der Waals surface area contributed by atoms with Crippen LogP contribution in [0.25, 0.3) is 0 Å². The van der Waals surface area contributed by atoms with Crippen molar-refractivity contribution < 1.29 is 9.59 Å². The predicted octanol–water partition coefficient (Wildman–Crippen LogP) is -1.07. The molecule has 1 atom stereocenters. The first kappa shape index (κ1) is 11.0.